The van der Waals surface area contributed by atoms with Gasteiger partial charge in [0.25, 0.3) is 5.78 Å². The molecule has 9 nitrogen and oxygen atoms in total. The van der Waals surface area contributed by atoms with Gasteiger partial charge in [-0.3, -0.25) is 10.1 Å². The van der Waals surface area contributed by atoms with Gasteiger partial charge in [0.1, 0.15) is 23.0 Å². The van der Waals surface area contributed by atoms with E-state index in [0.29, 0.717) is 24.0 Å². The number of benzene rings is 1. The van der Waals surface area contributed by atoms with Crippen LogP contribution in [0.3, 0.4) is 0 Å². The van der Waals surface area contributed by atoms with Crippen LogP contribution < -0.4 is 5.32 Å². The van der Waals surface area contributed by atoms with E-state index in [-0.39, 0.29) is 28.1 Å². The molecule has 0 spiro atoms. The molecular formula is C24H17ClN2O7. The quantitative estimate of drug-likeness (QED) is 0.359. The molecule has 1 saturated carbocycles. The maximum Gasteiger partial charge on any atom is 0.412 e. The minimum atomic E-state index is -0.961. The molecule has 10 heteroatoms. The number of carbonyl (C=O) groups excluding carboxylic acids is 1. The number of ether oxygens (including phenoxy) is 1. The Morgan fingerprint density at radius 3 is 2.65 bits per heavy atom. The number of aliphatic carboxylic acids is 1. The largest absolute Gasteiger partial charge is 0.480 e. The van der Waals surface area contributed by atoms with Crippen LogP contribution in [0, 0.1) is 11.8 Å². The van der Waals surface area contributed by atoms with Crippen LogP contribution in [0.2, 0.25) is 5.15 Å². The summed E-state index contributed by atoms with van der Waals surface area (Å²) in [4.78, 5) is 23.8. The third-order valence-corrected chi connectivity index (χ3v) is 5.83. The minimum Gasteiger partial charge on any atom is -0.480 e. The molecule has 0 saturated heterocycles. The molecule has 3 aromatic heterocycles. The first kappa shape index (κ1) is 21.7. The van der Waals surface area contributed by atoms with Crippen molar-refractivity contribution < 1.29 is 32.8 Å². The number of anilines is 1. The monoisotopic (exact) mass is 480 g/mol. The van der Waals surface area contributed by atoms with Gasteiger partial charge in [-0.15, -0.1) is 0 Å². The standard InChI is InChI=1S/C24H17ClN2O7/c1-13(14-5-3-2-4-6-14)31-23(30)26-19-17(34-27-20(19)25)8-7-16-11-15-12-18(33-21(15)32-16)24(9-10-24)22(28)29/h2-6,11-13H,9-10H2,1H3,(H,26,30)(H,28,29). The maximum absolute atomic E-state index is 12.3. The fourth-order valence-electron chi connectivity index (χ4n) is 3.49. The van der Waals surface area contributed by atoms with Crippen LogP contribution in [0.1, 0.15) is 48.7 Å². The SMILES string of the molecule is CC(OC(=O)Nc1c(Cl)noc1C#Cc1cc2cc(C3(C(=O)O)CC3)oc2o1)c1ccccc1. The number of amides is 1. The molecule has 0 bridgehead atoms. The summed E-state index contributed by atoms with van der Waals surface area (Å²) in [6, 6.07) is 12.5. The van der Waals surface area contributed by atoms with Crippen LogP contribution in [0.5, 0.6) is 0 Å². The van der Waals surface area contributed by atoms with Gasteiger partial charge in [0.05, 0.1) is 5.39 Å². The molecule has 3 heterocycles. The zero-order valence-electron chi connectivity index (χ0n) is 17.8. The lowest BCUT2D eigenvalue weighted by atomic mass is 10.0. The Hall–Kier alpha value is -4.16. The lowest BCUT2D eigenvalue weighted by molar-refractivity contribution is -0.140. The third kappa shape index (κ3) is 4.00. The molecule has 0 radical (unpaired) electrons. The molecule has 4 aromatic rings. The summed E-state index contributed by atoms with van der Waals surface area (Å²) in [5.74, 6) is 5.34. The molecule has 1 aliphatic rings. The highest BCUT2D eigenvalue weighted by molar-refractivity contribution is 6.32. The molecule has 5 rings (SSSR count). The summed E-state index contributed by atoms with van der Waals surface area (Å²) in [5, 5.41) is 16.0. The number of carboxylic acids is 1. The Bertz CT molecular complexity index is 1420. The molecule has 1 atom stereocenters. The molecule has 1 aliphatic carbocycles. The second kappa shape index (κ2) is 8.32. The highest BCUT2D eigenvalue weighted by Gasteiger charge is 2.54. The Balaban J connectivity index is 1.30. The van der Waals surface area contributed by atoms with E-state index in [4.69, 9.17) is 29.7 Å². The van der Waals surface area contributed by atoms with E-state index in [2.05, 4.69) is 22.3 Å². The van der Waals surface area contributed by atoms with E-state index in [1.54, 1.807) is 19.1 Å². The second-order valence-electron chi connectivity index (χ2n) is 7.86. The number of nitrogens with one attached hydrogen (secondary N) is 1. The number of rotatable bonds is 5. The Labute approximate surface area is 197 Å². The van der Waals surface area contributed by atoms with Crippen molar-refractivity contribution in [2.75, 3.05) is 5.32 Å². The van der Waals surface area contributed by atoms with Crippen LogP contribution in [0.25, 0.3) is 11.2 Å². The highest BCUT2D eigenvalue weighted by Crippen LogP contribution is 2.50. The van der Waals surface area contributed by atoms with Gasteiger partial charge < -0.3 is 23.2 Å². The first-order chi connectivity index (χ1) is 16.4. The van der Waals surface area contributed by atoms with Gasteiger partial charge in [-0.1, -0.05) is 47.1 Å². The number of hydrogen-bond acceptors (Lipinski definition) is 7. The predicted molar refractivity (Wildman–Crippen MR) is 119 cm³/mol. The number of nitrogens with zero attached hydrogens (tertiary/aromatic N) is 1. The van der Waals surface area contributed by atoms with Crippen LogP contribution >= 0.6 is 11.6 Å². The van der Waals surface area contributed by atoms with E-state index in [1.807, 2.05) is 30.3 Å². The Morgan fingerprint density at radius 2 is 1.97 bits per heavy atom. The van der Waals surface area contributed by atoms with Crippen molar-refractivity contribution in [3.63, 3.8) is 0 Å². The van der Waals surface area contributed by atoms with Crippen LogP contribution in [0.4, 0.5) is 10.5 Å². The lowest BCUT2D eigenvalue weighted by Gasteiger charge is -2.13. The molecule has 1 unspecified atom stereocenters. The maximum atomic E-state index is 12.3. The van der Waals surface area contributed by atoms with E-state index in [1.165, 1.54) is 0 Å². The Kier molecular flexibility index (Phi) is 5.30. The smallest absolute Gasteiger partial charge is 0.412 e. The number of carbonyl (C=O) groups is 2. The summed E-state index contributed by atoms with van der Waals surface area (Å²) < 4.78 is 21.6. The fraction of sp³-hybridized carbons (Fsp3) is 0.208. The van der Waals surface area contributed by atoms with Gasteiger partial charge in [-0.05, 0) is 43.2 Å². The number of halogens is 1. The zero-order valence-corrected chi connectivity index (χ0v) is 18.5. The number of carboxylic acid groups (broad SMARTS) is 1. The highest BCUT2D eigenvalue weighted by atomic mass is 35.5. The van der Waals surface area contributed by atoms with Gasteiger partial charge in [-0.25, -0.2) is 4.79 Å². The summed E-state index contributed by atoms with van der Waals surface area (Å²) >= 11 is 6.03. The summed E-state index contributed by atoms with van der Waals surface area (Å²) in [6.45, 7) is 1.74. The van der Waals surface area contributed by atoms with Crippen molar-refractivity contribution in [2.24, 2.45) is 0 Å². The minimum absolute atomic E-state index is 0.00540. The van der Waals surface area contributed by atoms with Crippen LogP contribution in [0.15, 0.2) is 55.8 Å². The predicted octanol–water partition coefficient (Wildman–Crippen LogP) is 5.49. The zero-order chi connectivity index (χ0) is 23.9. The summed E-state index contributed by atoms with van der Waals surface area (Å²) in [6.07, 6.45) is -0.187. The van der Waals surface area contributed by atoms with Crippen molar-refractivity contribution in [3.8, 4) is 11.8 Å². The first-order valence-corrected chi connectivity index (χ1v) is 10.7. The van der Waals surface area contributed by atoms with E-state index in [0.717, 1.165) is 5.56 Å². The summed E-state index contributed by atoms with van der Waals surface area (Å²) in [7, 11) is 0. The topological polar surface area (TPSA) is 128 Å². The normalized spacial score (nSPS) is 14.8. The molecule has 0 aliphatic heterocycles. The van der Waals surface area contributed by atoms with Gasteiger partial charge in [-0.2, -0.15) is 0 Å². The van der Waals surface area contributed by atoms with Crippen molar-refractivity contribution in [1.82, 2.24) is 5.16 Å². The number of aromatic nitrogens is 1. The molecule has 1 aromatic carbocycles. The number of fused-ring (bicyclic) bond motifs is 1. The molecule has 1 amide bonds. The number of hydrogen-bond donors (Lipinski definition) is 2. The van der Waals surface area contributed by atoms with Crippen molar-refractivity contribution >= 4 is 40.5 Å². The lowest BCUT2D eigenvalue weighted by Crippen LogP contribution is -2.18. The van der Waals surface area contributed by atoms with E-state index < -0.39 is 23.6 Å². The molecular weight excluding hydrogens is 464 g/mol. The van der Waals surface area contributed by atoms with Crippen LogP contribution in [-0.2, 0) is 14.9 Å². The van der Waals surface area contributed by atoms with E-state index in [9.17, 15) is 14.7 Å². The van der Waals surface area contributed by atoms with Gasteiger partial charge in [0.2, 0.25) is 5.76 Å². The number of furan rings is 2. The fourth-order valence-corrected chi connectivity index (χ4v) is 3.66. The molecule has 1 fully saturated rings. The molecule has 172 valence electrons. The molecule has 34 heavy (non-hydrogen) atoms. The van der Waals surface area contributed by atoms with Gasteiger partial charge in [0.15, 0.2) is 10.9 Å². The Morgan fingerprint density at radius 1 is 1.21 bits per heavy atom. The molecule has 2 N–H and O–H groups in total. The van der Waals surface area contributed by atoms with Crippen molar-refractivity contribution in [3.05, 3.63) is 70.5 Å². The van der Waals surface area contributed by atoms with Gasteiger partial charge in [0, 0.05) is 6.07 Å². The van der Waals surface area contributed by atoms with Gasteiger partial charge >= 0.3 is 12.1 Å². The first-order valence-electron chi connectivity index (χ1n) is 10.3. The third-order valence-electron chi connectivity index (χ3n) is 5.57. The summed E-state index contributed by atoms with van der Waals surface area (Å²) in [5.41, 5.74) is -0.0682. The van der Waals surface area contributed by atoms with Crippen molar-refractivity contribution in [1.29, 1.82) is 0 Å². The van der Waals surface area contributed by atoms with Crippen molar-refractivity contribution in [2.45, 2.75) is 31.3 Å². The average molecular weight is 481 g/mol. The van der Waals surface area contributed by atoms with E-state index >= 15 is 0 Å². The van der Waals surface area contributed by atoms with Crippen LogP contribution in [-0.4, -0.2) is 22.3 Å². The average Bonchev–Trinajstić information content (AvgIpc) is 3.26. The second-order valence-corrected chi connectivity index (χ2v) is 8.22.